The van der Waals surface area contributed by atoms with E-state index < -0.39 is 0 Å². The zero-order valence-electron chi connectivity index (χ0n) is 22.0. The van der Waals surface area contributed by atoms with Crippen LogP contribution in [0.4, 0.5) is 0 Å². The average Bonchev–Trinajstić information content (AvgIpc) is 3.02. The van der Waals surface area contributed by atoms with E-state index in [4.69, 9.17) is 18.9 Å². The van der Waals surface area contributed by atoms with Crippen molar-refractivity contribution in [3.05, 3.63) is 144 Å². The summed E-state index contributed by atoms with van der Waals surface area (Å²) in [4.78, 5) is 26.3. The Labute approximate surface area is 232 Å². The summed E-state index contributed by atoms with van der Waals surface area (Å²) in [5, 5.41) is 0. The van der Waals surface area contributed by atoms with Gasteiger partial charge in [-0.05, 0) is 103 Å². The quantitative estimate of drug-likeness (QED) is 0.172. The van der Waals surface area contributed by atoms with Gasteiger partial charge in [-0.2, -0.15) is 0 Å². The summed E-state index contributed by atoms with van der Waals surface area (Å²) in [6, 6.07) is 35.0. The van der Waals surface area contributed by atoms with Gasteiger partial charge in [0.1, 0.15) is 34.5 Å². The van der Waals surface area contributed by atoms with E-state index in [-0.39, 0.29) is 11.6 Å². The van der Waals surface area contributed by atoms with Crippen LogP contribution in [0.5, 0.6) is 34.5 Å². The fourth-order valence-corrected chi connectivity index (χ4v) is 4.04. The van der Waals surface area contributed by atoms with E-state index in [0.29, 0.717) is 45.3 Å². The van der Waals surface area contributed by atoms with Crippen LogP contribution in [-0.2, 0) is 0 Å². The third-order valence-corrected chi connectivity index (χ3v) is 6.21. The molecule has 0 radical (unpaired) electrons. The molecule has 0 saturated heterocycles. The Morgan fingerprint density at radius 2 is 0.700 bits per heavy atom. The van der Waals surface area contributed by atoms with Crippen molar-refractivity contribution < 1.29 is 28.5 Å². The zero-order valence-corrected chi connectivity index (χ0v) is 22.0. The molecule has 0 heterocycles. The zero-order chi connectivity index (χ0) is 27.9. The molecule has 198 valence electrons. The van der Waals surface area contributed by atoms with Gasteiger partial charge in [-0.15, -0.1) is 0 Å². The molecule has 0 aliphatic rings. The maximum atomic E-state index is 13.2. The highest BCUT2D eigenvalue weighted by atomic mass is 16.5. The highest BCUT2D eigenvalue weighted by Crippen LogP contribution is 2.26. The third kappa shape index (κ3) is 6.19. The van der Waals surface area contributed by atoms with Gasteiger partial charge in [0.2, 0.25) is 0 Å². The predicted molar refractivity (Wildman–Crippen MR) is 152 cm³/mol. The van der Waals surface area contributed by atoms with Gasteiger partial charge in [-0.1, -0.05) is 18.2 Å². The van der Waals surface area contributed by atoms with E-state index in [0.717, 1.165) is 11.5 Å². The molecule has 0 unspecified atom stereocenters. The largest absolute Gasteiger partial charge is 0.497 e. The Kier molecular flexibility index (Phi) is 7.88. The molecule has 0 N–H and O–H groups in total. The summed E-state index contributed by atoms with van der Waals surface area (Å²) in [6.45, 7) is 0. The van der Waals surface area contributed by atoms with Crippen molar-refractivity contribution >= 4 is 11.6 Å². The maximum absolute atomic E-state index is 13.2. The van der Waals surface area contributed by atoms with E-state index >= 15 is 0 Å². The lowest BCUT2D eigenvalue weighted by molar-refractivity contribution is 0.103. The van der Waals surface area contributed by atoms with Gasteiger partial charge in [0.25, 0.3) is 0 Å². The number of carbonyl (C=O) groups excluding carboxylic acids is 2. The first-order valence-electron chi connectivity index (χ1n) is 12.6. The molecular weight excluding hydrogens is 504 g/mol. The molecule has 0 bridgehead atoms. The van der Waals surface area contributed by atoms with Crippen LogP contribution >= 0.6 is 0 Å². The van der Waals surface area contributed by atoms with Crippen LogP contribution in [0.25, 0.3) is 0 Å². The lowest BCUT2D eigenvalue weighted by Gasteiger charge is -2.09. The first-order valence-corrected chi connectivity index (χ1v) is 12.6. The number of benzene rings is 5. The molecule has 0 aliphatic heterocycles. The Bertz CT molecular complexity index is 1480. The summed E-state index contributed by atoms with van der Waals surface area (Å²) < 4.78 is 22.0. The fourth-order valence-electron chi connectivity index (χ4n) is 4.04. The van der Waals surface area contributed by atoms with Crippen LogP contribution in [0, 0.1) is 0 Å². The van der Waals surface area contributed by atoms with Crippen molar-refractivity contribution in [1.82, 2.24) is 0 Å². The van der Waals surface area contributed by atoms with Crippen LogP contribution in [0.2, 0.25) is 0 Å². The third-order valence-electron chi connectivity index (χ3n) is 6.21. The van der Waals surface area contributed by atoms with Gasteiger partial charge in [-0.25, -0.2) is 0 Å². The smallest absolute Gasteiger partial charge is 0.193 e. The lowest BCUT2D eigenvalue weighted by atomic mass is 9.97. The minimum Gasteiger partial charge on any atom is -0.497 e. The summed E-state index contributed by atoms with van der Waals surface area (Å²) in [7, 11) is 3.21. The Morgan fingerprint density at radius 1 is 0.400 bits per heavy atom. The first kappa shape index (κ1) is 26.3. The van der Waals surface area contributed by atoms with E-state index in [1.807, 2.05) is 48.5 Å². The average molecular weight is 531 g/mol. The normalized spacial score (nSPS) is 10.4. The van der Waals surface area contributed by atoms with Crippen LogP contribution in [0.15, 0.2) is 121 Å². The van der Waals surface area contributed by atoms with Crippen molar-refractivity contribution in [3.63, 3.8) is 0 Å². The first-order chi connectivity index (χ1) is 19.5. The van der Waals surface area contributed by atoms with Crippen LogP contribution in [-0.4, -0.2) is 25.8 Å². The molecule has 0 amide bonds. The van der Waals surface area contributed by atoms with Crippen LogP contribution < -0.4 is 18.9 Å². The molecule has 40 heavy (non-hydrogen) atoms. The van der Waals surface area contributed by atoms with Crippen molar-refractivity contribution in [2.45, 2.75) is 0 Å². The molecule has 6 heteroatoms. The van der Waals surface area contributed by atoms with Crippen LogP contribution in [0.1, 0.15) is 31.8 Å². The number of hydrogen-bond acceptors (Lipinski definition) is 6. The molecule has 0 atom stereocenters. The van der Waals surface area contributed by atoms with E-state index in [9.17, 15) is 9.59 Å². The molecule has 0 spiro atoms. The molecular formula is C34H26O6. The monoisotopic (exact) mass is 530 g/mol. The maximum Gasteiger partial charge on any atom is 0.193 e. The topological polar surface area (TPSA) is 71.1 Å². The summed E-state index contributed by atoms with van der Waals surface area (Å²) >= 11 is 0. The second-order valence-electron chi connectivity index (χ2n) is 8.84. The molecule has 5 rings (SSSR count). The van der Waals surface area contributed by atoms with Crippen molar-refractivity contribution in [1.29, 1.82) is 0 Å². The van der Waals surface area contributed by atoms with E-state index in [1.165, 1.54) is 0 Å². The Hall–Kier alpha value is -5.36. The van der Waals surface area contributed by atoms with Gasteiger partial charge in [0.05, 0.1) is 14.2 Å². The standard InChI is InChI=1S/C34H26O6/c1-37-27-14-18-31(19-15-27)39-29-10-6-23(7-11-29)33(35)25-4-3-5-26(22-25)34(36)24-8-12-30(13-9-24)40-32-20-16-28(38-2)17-21-32/h3-22H,1-2H3. The Morgan fingerprint density at radius 3 is 1.02 bits per heavy atom. The second-order valence-corrected chi connectivity index (χ2v) is 8.84. The SMILES string of the molecule is COc1ccc(Oc2ccc(C(=O)c3cccc(C(=O)c4ccc(Oc5ccc(OC)cc5)cc4)c3)cc2)cc1. The highest BCUT2D eigenvalue weighted by molar-refractivity contribution is 6.13. The lowest BCUT2D eigenvalue weighted by Crippen LogP contribution is -2.06. The molecule has 5 aromatic carbocycles. The number of hydrogen-bond donors (Lipinski definition) is 0. The second kappa shape index (κ2) is 12.0. The van der Waals surface area contributed by atoms with E-state index in [1.54, 1.807) is 87.0 Å². The number of ether oxygens (including phenoxy) is 4. The van der Waals surface area contributed by atoms with Gasteiger partial charge in [-0.3, -0.25) is 9.59 Å². The summed E-state index contributed by atoms with van der Waals surface area (Å²) in [6.07, 6.45) is 0. The number of methoxy groups -OCH3 is 2. The minimum atomic E-state index is -0.186. The molecule has 0 aromatic heterocycles. The molecule has 5 aromatic rings. The van der Waals surface area contributed by atoms with Crippen molar-refractivity contribution in [2.24, 2.45) is 0 Å². The molecule has 6 nitrogen and oxygen atoms in total. The summed E-state index contributed by atoms with van der Waals surface area (Å²) in [5.74, 6) is 3.63. The summed E-state index contributed by atoms with van der Waals surface area (Å²) in [5.41, 5.74) is 1.83. The Balaban J connectivity index is 1.25. The highest BCUT2D eigenvalue weighted by Gasteiger charge is 2.14. The fraction of sp³-hybridized carbons (Fsp3) is 0.0588. The molecule has 0 fully saturated rings. The number of ketones is 2. The minimum absolute atomic E-state index is 0.186. The van der Waals surface area contributed by atoms with Gasteiger partial charge in [0, 0.05) is 22.3 Å². The van der Waals surface area contributed by atoms with Gasteiger partial charge < -0.3 is 18.9 Å². The number of carbonyl (C=O) groups is 2. The van der Waals surface area contributed by atoms with Gasteiger partial charge >= 0.3 is 0 Å². The van der Waals surface area contributed by atoms with E-state index in [2.05, 4.69) is 0 Å². The predicted octanol–water partition coefficient (Wildman–Crippen LogP) is 7.75. The van der Waals surface area contributed by atoms with Gasteiger partial charge in [0.15, 0.2) is 11.6 Å². The van der Waals surface area contributed by atoms with Crippen molar-refractivity contribution in [3.8, 4) is 34.5 Å². The molecule has 0 saturated carbocycles. The number of rotatable bonds is 10. The van der Waals surface area contributed by atoms with Crippen LogP contribution in [0.3, 0.4) is 0 Å². The van der Waals surface area contributed by atoms with Crippen molar-refractivity contribution in [2.75, 3.05) is 14.2 Å². The molecule has 0 aliphatic carbocycles.